The molecule has 0 aliphatic carbocycles. The molecule has 3 nitrogen and oxygen atoms in total. The Hall–Kier alpha value is -1.84. The summed E-state index contributed by atoms with van der Waals surface area (Å²) < 4.78 is 20.1. The van der Waals surface area contributed by atoms with Gasteiger partial charge in [0, 0.05) is 12.4 Å². The van der Waals surface area contributed by atoms with Gasteiger partial charge in [0.1, 0.15) is 24.0 Å². The molecule has 0 aliphatic rings. The van der Waals surface area contributed by atoms with E-state index in [2.05, 4.69) is 4.98 Å². The maximum Gasteiger partial charge on any atom is 0.123 e. The summed E-state index contributed by atoms with van der Waals surface area (Å²) >= 11 is 0. The SMILES string of the molecule is Cc1nccn1CCOc1ccc(F)cc1. The van der Waals surface area contributed by atoms with Crippen LogP contribution in [-0.2, 0) is 6.54 Å². The molecule has 0 amide bonds. The van der Waals surface area contributed by atoms with Crippen LogP contribution in [0.25, 0.3) is 0 Å². The average molecular weight is 220 g/mol. The average Bonchev–Trinajstić information content (AvgIpc) is 2.68. The van der Waals surface area contributed by atoms with Crippen molar-refractivity contribution in [2.45, 2.75) is 13.5 Å². The van der Waals surface area contributed by atoms with Crippen molar-refractivity contribution in [3.05, 3.63) is 48.3 Å². The first-order chi connectivity index (χ1) is 7.75. The molecule has 1 aromatic heterocycles. The highest BCUT2D eigenvalue weighted by Gasteiger charge is 1.97. The maximum atomic E-state index is 12.6. The Morgan fingerprint density at radius 3 is 2.69 bits per heavy atom. The first-order valence-corrected chi connectivity index (χ1v) is 5.12. The van der Waals surface area contributed by atoms with Crippen molar-refractivity contribution in [3.63, 3.8) is 0 Å². The van der Waals surface area contributed by atoms with E-state index >= 15 is 0 Å². The fourth-order valence-electron chi connectivity index (χ4n) is 1.43. The Labute approximate surface area is 93.5 Å². The van der Waals surface area contributed by atoms with E-state index in [0.29, 0.717) is 12.4 Å². The number of hydrogen-bond acceptors (Lipinski definition) is 2. The smallest absolute Gasteiger partial charge is 0.123 e. The fourth-order valence-corrected chi connectivity index (χ4v) is 1.43. The van der Waals surface area contributed by atoms with Crippen LogP contribution in [0.3, 0.4) is 0 Å². The van der Waals surface area contributed by atoms with Gasteiger partial charge in [0.25, 0.3) is 0 Å². The summed E-state index contributed by atoms with van der Waals surface area (Å²) in [5.74, 6) is 1.39. The number of aromatic nitrogens is 2. The largest absolute Gasteiger partial charge is 0.492 e. The molecule has 0 fully saturated rings. The van der Waals surface area contributed by atoms with Crippen molar-refractivity contribution >= 4 is 0 Å². The quantitative estimate of drug-likeness (QED) is 0.791. The number of benzene rings is 1. The number of ether oxygens (including phenoxy) is 1. The number of halogens is 1. The van der Waals surface area contributed by atoms with Gasteiger partial charge in [-0.2, -0.15) is 0 Å². The standard InChI is InChI=1S/C12H13FN2O/c1-10-14-6-7-15(10)8-9-16-12-4-2-11(13)3-5-12/h2-7H,8-9H2,1H3. The Morgan fingerprint density at radius 2 is 2.06 bits per heavy atom. The van der Waals surface area contributed by atoms with Crippen LogP contribution in [0.2, 0.25) is 0 Å². The summed E-state index contributed by atoms with van der Waals surface area (Å²) in [6.07, 6.45) is 3.66. The van der Waals surface area contributed by atoms with E-state index < -0.39 is 0 Å². The molecule has 16 heavy (non-hydrogen) atoms. The molecule has 2 aromatic rings. The lowest BCUT2D eigenvalue weighted by Gasteiger charge is -2.07. The van der Waals surface area contributed by atoms with Crippen molar-refractivity contribution in [1.29, 1.82) is 0 Å². The van der Waals surface area contributed by atoms with Crippen LogP contribution in [0.4, 0.5) is 4.39 Å². The predicted molar refractivity (Wildman–Crippen MR) is 58.9 cm³/mol. The molecule has 0 N–H and O–H groups in total. The molecule has 0 saturated heterocycles. The summed E-state index contributed by atoms with van der Waals surface area (Å²) in [4.78, 5) is 4.11. The third kappa shape index (κ3) is 2.59. The number of imidazole rings is 1. The third-order valence-electron chi connectivity index (χ3n) is 2.34. The molecule has 0 aliphatic heterocycles. The summed E-state index contributed by atoms with van der Waals surface area (Å²) in [7, 11) is 0. The van der Waals surface area contributed by atoms with Crippen LogP contribution < -0.4 is 4.74 Å². The predicted octanol–water partition coefficient (Wildman–Crippen LogP) is 2.41. The number of aryl methyl sites for hydroxylation is 1. The minimum atomic E-state index is -0.252. The monoisotopic (exact) mass is 220 g/mol. The normalized spacial score (nSPS) is 10.4. The Balaban J connectivity index is 1.84. The topological polar surface area (TPSA) is 27.1 Å². The molecule has 1 heterocycles. The zero-order valence-electron chi connectivity index (χ0n) is 9.06. The number of nitrogens with zero attached hydrogens (tertiary/aromatic N) is 2. The molecule has 0 radical (unpaired) electrons. The van der Waals surface area contributed by atoms with Crippen LogP contribution in [0.5, 0.6) is 5.75 Å². The molecule has 0 atom stereocenters. The van der Waals surface area contributed by atoms with Gasteiger partial charge in [-0.15, -0.1) is 0 Å². The second kappa shape index (κ2) is 4.79. The van der Waals surface area contributed by atoms with Gasteiger partial charge in [0.15, 0.2) is 0 Å². The van der Waals surface area contributed by atoms with Crippen LogP contribution in [0.15, 0.2) is 36.7 Å². The summed E-state index contributed by atoms with van der Waals surface area (Å²) in [6, 6.07) is 6.02. The molecule has 4 heteroatoms. The van der Waals surface area contributed by atoms with E-state index in [1.165, 1.54) is 12.1 Å². The minimum absolute atomic E-state index is 0.252. The van der Waals surface area contributed by atoms with Gasteiger partial charge in [-0.3, -0.25) is 0 Å². The molecule has 1 aromatic carbocycles. The Bertz CT molecular complexity index is 450. The zero-order chi connectivity index (χ0) is 11.4. The van der Waals surface area contributed by atoms with E-state index in [4.69, 9.17) is 4.74 Å². The lowest BCUT2D eigenvalue weighted by Crippen LogP contribution is -2.08. The van der Waals surface area contributed by atoms with Crippen molar-refractivity contribution in [2.75, 3.05) is 6.61 Å². The van der Waals surface area contributed by atoms with Gasteiger partial charge < -0.3 is 9.30 Å². The van der Waals surface area contributed by atoms with Crippen molar-refractivity contribution in [1.82, 2.24) is 9.55 Å². The summed E-state index contributed by atoms with van der Waals surface area (Å²) in [5, 5.41) is 0. The second-order valence-electron chi connectivity index (χ2n) is 3.47. The lowest BCUT2D eigenvalue weighted by atomic mass is 10.3. The van der Waals surface area contributed by atoms with Gasteiger partial charge in [0.05, 0.1) is 6.54 Å². The van der Waals surface area contributed by atoms with E-state index in [1.807, 2.05) is 17.7 Å². The lowest BCUT2D eigenvalue weighted by molar-refractivity contribution is 0.296. The van der Waals surface area contributed by atoms with Crippen LogP contribution in [0.1, 0.15) is 5.82 Å². The fraction of sp³-hybridized carbons (Fsp3) is 0.250. The van der Waals surface area contributed by atoms with Gasteiger partial charge >= 0.3 is 0 Å². The number of rotatable bonds is 4. The molecule has 2 rings (SSSR count). The molecule has 0 spiro atoms. The van der Waals surface area contributed by atoms with Gasteiger partial charge in [-0.25, -0.2) is 9.37 Å². The summed E-state index contributed by atoms with van der Waals surface area (Å²) in [5.41, 5.74) is 0. The molecule has 84 valence electrons. The first kappa shape index (κ1) is 10.7. The molecular weight excluding hydrogens is 207 g/mol. The molecule has 0 bridgehead atoms. The zero-order valence-corrected chi connectivity index (χ0v) is 9.06. The van der Waals surface area contributed by atoms with Crippen LogP contribution >= 0.6 is 0 Å². The third-order valence-corrected chi connectivity index (χ3v) is 2.34. The van der Waals surface area contributed by atoms with E-state index in [1.54, 1.807) is 18.3 Å². The highest BCUT2D eigenvalue weighted by Crippen LogP contribution is 2.11. The second-order valence-corrected chi connectivity index (χ2v) is 3.47. The Kier molecular flexibility index (Phi) is 3.19. The maximum absolute atomic E-state index is 12.6. The number of hydrogen-bond donors (Lipinski definition) is 0. The highest BCUT2D eigenvalue weighted by atomic mass is 19.1. The molecular formula is C12H13FN2O. The highest BCUT2D eigenvalue weighted by molar-refractivity contribution is 5.21. The molecule has 0 saturated carbocycles. The van der Waals surface area contributed by atoms with Crippen molar-refractivity contribution in [2.24, 2.45) is 0 Å². The van der Waals surface area contributed by atoms with E-state index in [-0.39, 0.29) is 5.82 Å². The Morgan fingerprint density at radius 1 is 1.31 bits per heavy atom. The van der Waals surface area contributed by atoms with Crippen molar-refractivity contribution < 1.29 is 9.13 Å². The van der Waals surface area contributed by atoms with E-state index in [0.717, 1.165) is 12.4 Å². The molecule has 0 unspecified atom stereocenters. The van der Waals surface area contributed by atoms with Crippen molar-refractivity contribution in [3.8, 4) is 5.75 Å². The van der Waals surface area contributed by atoms with Crippen LogP contribution in [0, 0.1) is 12.7 Å². The van der Waals surface area contributed by atoms with E-state index in [9.17, 15) is 4.39 Å². The van der Waals surface area contributed by atoms with Gasteiger partial charge in [0.2, 0.25) is 0 Å². The van der Waals surface area contributed by atoms with Gasteiger partial charge in [-0.05, 0) is 31.2 Å². The minimum Gasteiger partial charge on any atom is -0.492 e. The first-order valence-electron chi connectivity index (χ1n) is 5.12. The van der Waals surface area contributed by atoms with Gasteiger partial charge in [-0.1, -0.05) is 0 Å². The van der Waals surface area contributed by atoms with Crippen LogP contribution in [-0.4, -0.2) is 16.2 Å². The summed E-state index contributed by atoms with van der Waals surface area (Å²) in [6.45, 7) is 3.23.